The van der Waals surface area contributed by atoms with E-state index in [4.69, 9.17) is 4.74 Å². The van der Waals surface area contributed by atoms with Gasteiger partial charge in [-0.15, -0.1) is 0 Å². The van der Waals surface area contributed by atoms with Crippen molar-refractivity contribution in [2.24, 2.45) is 5.10 Å². The maximum atomic E-state index is 11.9. The second-order valence-electron chi connectivity index (χ2n) is 4.38. The van der Waals surface area contributed by atoms with E-state index in [0.29, 0.717) is 17.9 Å². The fourth-order valence-corrected chi connectivity index (χ4v) is 1.71. The predicted molar refractivity (Wildman–Crippen MR) is 85.3 cm³/mol. The Labute approximate surface area is 128 Å². The number of hydrazone groups is 1. The molecule has 0 bridgehead atoms. The molecule has 0 spiro atoms. The summed E-state index contributed by atoms with van der Waals surface area (Å²) in [5.41, 5.74) is 3.58. The highest BCUT2D eigenvalue weighted by Crippen LogP contribution is 2.15. The molecule has 2 aromatic rings. The number of benzene rings is 2. The number of nitrogens with zero attached hydrogens (tertiary/aromatic N) is 1. The number of aromatic hydroxyl groups is 1. The maximum absolute atomic E-state index is 11.9. The molecule has 0 heterocycles. The lowest BCUT2D eigenvalue weighted by molar-refractivity contribution is 0.0955. The zero-order valence-corrected chi connectivity index (χ0v) is 11.9. The molecule has 5 heteroatoms. The summed E-state index contributed by atoms with van der Waals surface area (Å²) >= 11 is 0. The largest absolute Gasteiger partial charge is 0.508 e. The Hall–Kier alpha value is -3.08. The molecule has 112 valence electrons. The number of hydrogen-bond donors (Lipinski definition) is 2. The van der Waals surface area contributed by atoms with E-state index < -0.39 is 0 Å². The van der Waals surface area contributed by atoms with E-state index in [1.165, 1.54) is 30.5 Å². The van der Waals surface area contributed by atoms with Crippen LogP contribution in [0.4, 0.5) is 0 Å². The number of hydrogen-bond acceptors (Lipinski definition) is 4. The first-order valence-electron chi connectivity index (χ1n) is 6.66. The van der Waals surface area contributed by atoms with Crippen molar-refractivity contribution < 1.29 is 14.6 Å². The van der Waals surface area contributed by atoms with E-state index in [2.05, 4.69) is 17.1 Å². The van der Waals surface area contributed by atoms with Gasteiger partial charge < -0.3 is 9.84 Å². The van der Waals surface area contributed by atoms with Crippen LogP contribution in [0.1, 0.15) is 15.9 Å². The first-order valence-corrected chi connectivity index (χ1v) is 6.66. The number of para-hydroxylation sites is 1. The standard InChI is InChI=1S/C17H16N2O3/c1-2-11-22-16-6-4-3-5-14(16)12-18-19-17(21)13-7-9-15(20)10-8-13/h2-10,12,20H,1,11H2,(H,19,21)/b18-12+. The summed E-state index contributed by atoms with van der Waals surface area (Å²) in [6.45, 7) is 3.99. The highest BCUT2D eigenvalue weighted by Gasteiger charge is 2.04. The molecule has 2 aromatic carbocycles. The van der Waals surface area contributed by atoms with Crippen LogP contribution in [0.15, 0.2) is 66.3 Å². The van der Waals surface area contributed by atoms with Crippen molar-refractivity contribution in [3.05, 3.63) is 72.3 Å². The van der Waals surface area contributed by atoms with Crippen LogP contribution in [0.2, 0.25) is 0 Å². The molecule has 0 saturated carbocycles. The quantitative estimate of drug-likeness (QED) is 0.489. The number of carbonyl (C=O) groups excluding carboxylic acids is 1. The molecule has 0 atom stereocenters. The Morgan fingerprint density at radius 3 is 2.68 bits per heavy atom. The highest BCUT2D eigenvalue weighted by molar-refractivity contribution is 5.95. The lowest BCUT2D eigenvalue weighted by Gasteiger charge is -2.06. The van der Waals surface area contributed by atoms with Gasteiger partial charge in [0, 0.05) is 11.1 Å². The topological polar surface area (TPSA) is 70.9 Å². The van der Waals surface area contributed by atoms with Gasteiger partial charge in [-0.25, -0.2) is 5.43 Å². The van der Waals surface area contributed by atoms with E-state index in [1.54, 1.807) is 6.08 Å². The van der Waals surface area contributed by atoms with Gasteiger partial charge in [0.1, 0.15) is 18.1 Å². The van der Waals surface area contributed by atoms with E-state index in [0.717, 1.165) is 5.56 Å². The molecule has 2 rings (SSSR count). The number of carbonyl (C=O) groups is 1. The Balaban J connectivity index is 2.01. The normalized spacial score (nSPS) is 10.4. The summed E-state index contributed by atoms with van der Waals surface area (Å²) in [4.78, 5) is 11.9. The number of nitrogens with one attached hydrogen (secondary N) is 1. The summed E-state index contributed by atoms with van der Waals surface area (Å²) in [6.07, 6.45) is 3.16. The summed E-state index contributed by atoms with van der Waals surface area (Å²) < 4.78 is 5.49. The van der Waals surface area contributed by atoms with Crippen LogP contribution in [0.3, 0.4) is 0 Å². The molecule has 1 amide bonds. The summed E-state index contributed by atoms with van der Waals surface area (Å²) in [5, 5.41) is 13.1. The number of amides is 1. The number of phenols is 1. The minimum atomic E-state index is -0.360. The number of rotatable bonds is 6. The molecule has 0 aliphatic rings. The molecule has 0 radical (unpaired) electrons. The van der Waals surface area contributed by atoms with Crippen molar-refractivity contribution in [1.29, 1.82) is 0 Å². The van der Waals surface area contributed by atoms with Crippen LogP contribution in [0.5, 0.6) is 11.5 Å². The van der Waals surface area contributed by atoms with Gasteiger partial charge in [0.2, 0.25) is 0 Å². The summed E-state index contributed by atoms with van der Waals surface area (Å²) in [7, 11) is 0. The van der Waals surface area contributed by atoms with Crippen molar-refractivity contribution in [3.8, 4) is 11.5 Å². The molecular formula is C17H16N2O3. The van der Waals surface area contributed by atoms with Crippen LogP contribution < -0.4 is 10.2 Å². The van der Waals surface area contributed by atoms with Crippen LogP contribution in [0, 0.1) is 0 Å². The lowest BCUT2D eigenvalue weighted by Crippen LogP contribution is -2.17. The average molecular weight is 296 g/mol. The third kappa shape index (κ3) is 4.21. The van der Waals surface area contributed by atoms with Crippen molar-refractivity contribution in [1.82, 2.24) is 5.43 Å². The van der Waals surface area contributed by atoms with E-state index in [-0.39, 0.29) is 11.7 Å². The van der Waals surface area contributed by atoms with E-state index in [1.807, 2.05) is 24.3 Å². The van der Waals surface area contributed by atoms with E-state index in [9.17, 15) is 9.90 Å². The molecule has 0 saturated heterocycles. The third-order valence-electron chi connectivity index (χ3n) is 2.77. The van der Waals surface area contributed by atoms with Crippen LogP contribution in [-0.2, 0) is 0 Å². The van der Waals surface area contributed by atoms with Gasteiger partial charge in [0.05, 0.1) is 6.21 Å². The van der Waals surface area contributed by atoms with Crippen molar-refractivity contribution >= 4 is 12.1 Å². The molecule has 0 unspecified atom stereocenters. The van der Waals surface area contributed by atoms with Crippen molar-refractivity contribution in [2.45, 2.75) is 0 Å². The maximum Gasteiger partial charge on any atom is 0.271 e. The molecule has 0 aliphatic carbocycles. The Morgan fingerprint density at radius 1 is 1.23 bits per heavy atom. The van der Waals surface area contributed by atoms with Crippen LogP contribution in [0.25, 0.3) is 0 Å². The van der Waals surface area contributed by atoms with Gasteiger partial charge in [-0.2, -0.15) is 5.10 Å². The summed E-state index contributed by atoms with van der Waals surface area (Å²) in [5.74, 6) is 0.402. The fraction of sp³-hybridized carbons (Fsp3) is 0.0588. The minimum absolute atomic E-state index is 0.105. The fourth-order valence-electron chi connectivity index (χ4n) is 1.71. The molecular weight excluding hydrogens is 280 g/mol. The van der Waals surface area contributed by atoms with Crippen LogP contribution in [-0.4, -0.2) is 23.8 Å². The van der Waals surface area contributed by atoms with Crippen molar-refractivity contribution in [2.75, 3.05) is 6.61 Å². The Kier molecular flexibility index (Phi) is 5.31. The first-order chi connectivity index (χ1) is 10.7. The zero-order chi connectivity index (χ0) is 15.8. The first kappa shape index (κ1) is 15.3. The predicted octanol–water partition coefficient (Wildman–Crippen LogP) is 2.72. The van der Waals surface area contributed by atoms with Crippen molar-refractivity contribution in [3.63, 3.8) is 0 Å². The number of phenolic OH excluding ortho intramolecular Hbond substituents is 1. The highest BCUT2D eigenvalue weighted by atomic mass is 16.5. The average Bonchev–Trinajstić information content (AvgIpc) is 2.54. The van der Waals surface area contributed by atoms with Gasteiger partial charge >= 0.3 is 0 Å². The monoisotopic (exact) mass is 296 g/mol. The zero-order valence-electron chi connectivity index (χ0n) is 11.9. The van der Waals surface area contributed by atoms with Gasteiger partial charge in [-0.3, -0.25) is 4.79 Å². The Bertz CT molecular complexity index is 679. The molecule has 2 N–H and O–H groups in total. The molecule has 0 fully saturated rings. The van der Waals surface area contributed by atoms with Gasteiger partial charge in [0.25, 0.3) is 5.91 Å². The minimum Gasteiger partial charge on any atom is -0.508 e. The molecule has 5 nitrogen and oxygen atoms in total. The van der Waals surface area contributed by atoms with Gasteiger partial charge in [-0.1, -0.05) is 24.8 Å². The second-order valence-corrected chi connectivity index (χ2v) is 4.38. The van der Waals surface area contributed by atoms with Gasteiger partial charge in [0.15, 0.2) is 0 Å². The SMILES string of the molecule is C=CCOc1ccccc1/C=N/NC(=O)c1ccc(O)cc1. The Morgan fingerprint density at radius 2 is 1.95 bits per heavy atom. The van der Waals surface area contributed by atoms with E-state index >= 15 is 0 Å². The second kappa shape index (κ2) is 7.64. The summed E-state index contributed by atoms with van der Waals surface area (Å²) in [6, 6.07) is 13.3. The third-order valence-corrected chi connectivity index (χ3v) is 2.77. The lowest BCUT2D eigenvalue weighted by atomic mass is 10.2. The van der Waals surface area contributed by atoms with Crippen LogP contribution >= 0.6 is 0 Å². The molecule has 22 heavy (non-hydrogen) atoms. The molecule has 0 aliphatic heterocycles. The number of ether oxygens (including phenoxy) is 1. The smallest absolute Gasteiger partial charge is 0.271 e. The molecule has 0 aromatic heterocycles. The van der Waals surface area contributed by atoms with Gasteiger partial charge in [-0.05, 0) is 36.4 Å².